The van der Waals surface area contributed by atoms with Crippen LogP contribution in [0.1, 0.15) is 21.5 Å². The summed E-state index contributed by atoms with van der Waals surface area (Å²) < 4.78 is 81.4. The molecule has 2 rings (SSSR count). The van der Waals surface area contributed by atoms with E-state index in [4.69, 9.17) is 4.74 Å². The van der Waals surface area contributed by atoms with E-state index in [2.05, 4.69) is 0 Å². The maximum Gasteiger partial charge on any atom is 0.416 e. The van der Waals surface area contributed by atoms with Crippen molar-refractivity contribution in [3.8, 4) is 0 Å². The van der Waals surface area contributed by atoms with E-state index >= 15 is 0 Å². The van der Waals surface area contributed by atoms with Crippen molar-refractivity contribution in [1.82, 2.24) is 4.90 Å². The number of hydrogen-bond acceptors (Lipinski definition) is 2. The van der Waals surface area contributed by atoms with Gasteiger partial charge in [-0.3, -0.25) is 4.79 Å². The lowest BCUT2D eigenvalue weighted by Crippen LogP contribution is -2.40. The lowest BCUT2D eigenvalue weighted by atomic mass is 10.0. The zero-order chi connectivity index (χ0) is 16.5. The summed E-state index contributed by atoms with van der Waals surface area (Å²) in [5.41, 5.74) is -3.64. The lowest BCUT2D eigenvalue weighted by Gasteiger charge is -2.27. The number of ether oxygens (including phenoxy) is 1. The van der Waals surface area contributed by atoms with Gasteiger partial charge in [0.2, 0.25) is 0 Å². The molecule has 0 atom stereocenters. The molecule has 0 unspecified atom stereocenters. The van der Waals surface area contributed by atoms with Crippen molar-refractivity contribution in [2.75, 3.05) is 26.3 Å². The van der Waals surface area contributed by atoms with Gasteiger partial charge in [0, 0.05) is 18.7 Å². The van der Waals surface area contributed by atoms with Crippen LogP contribution in [0.2, 0.25) is 0 Å². The summed E-state index contributed by atoms with van der Waals surface area (Å²) in [6.45, 7) is 0.626. The van der Waals surface area contributed by atoms with Crippen molar-refractivity contribution >= 4 is 5.91 Å². The summed E-state index contributed by atoms with van der Waals surface area (Å²) in [5, 5.41) is 0. The van der Waals surface area contributed by atoms with Crippen LogP contribution in [0, 0.1) is 0 Å². The molecule has 2 N–H and O–H groups in total. The molecule has 0 bridgehead atoms. The fourth-order valence-corrected chi connectivity index (χ4v) is 2.03. The van der Waals surface area contributed by atoms with Gasteiger partial charge < -0.3 is 15.1 Å². The van der Waals surface area contributed by atoms with Crippen LogP contribution in [0.3, 0.4) is 0 Å². The lowest BCUT2D eigenvalue weighted by molar-refractivity contribution is -0.143. The first-order valence-electron chi connectivity index (χ1n) is 6.25. The maximum absolute atomic E-state index is 12.7. The number of morpholine rings is 1. The molecule has 10 heteroatoms. The Morgan fingerprint density at radius 3 is 1.74 bits per heavy atom. The Kier molecular flexibility index (Phi) is 5.65. The van der Waals surface area contributed by atoms with E-state index in [-0.39, 0.29) is 37.8 Å². The van der Waals surface area contributed by atoms with Crippen molar-refractivity contribution < 1.29 is 41.4 Å². The summed E-state index contributed by atoms with van der Waals surface area (Å²) in [4.78, 5) is 13.3. The van der Waals surface area contributed by atoms with Crippen LogP contribution in [0.25, 0.3) is 0 Å². The van der Waals surface area contributed by atoms with E-state index in [1.165, 1.54) is 4.90 Å². The summed E-state index contributed by atoms with van der Waals surface area (Å²) >= 11 is 0. The highest BCUT2D eigenvalue weighted by molar-refractivity contribution is 5.94. The highest BCUT2D eigenvalue weighted by atomic mass is 19.4. The van der Waals surface area contributed by atoms with Crippen LogP contribution in [0.15, 0.2) is 18.2 Å². The number of hydrogen-bond donors (Lipinski definition) is 0. The van der Waals surface area contributed by atoms with Gasteiger partial charge >= 0.3 is 12.4 Å². The molecule has 0 spiro atoms. The van der Waals surface area contributed by atoms with E-state index in [9.17, 15) is 31.1 Å². The molecule has 1 amide bonds. The second kappa shape index (κ2) is 6.75. The Hall–Kier alpha value is -1.81. The van der Waals surface area contributed by atoms with Gasteiger partial charge in [-0.2, -0.15) is 26.3 Å². The Labute approximate surface area is 126 Å². The monoisotopic (exact) mass is 345 g/mol. The number of amides is 1. The summed E-state index contributed by atoms with van der Waals surface area (Å²) in [7, 11) is 0. The number of rotatable bonds is 1. The summed E-state index contributed by atoms with van der Waals surface area (Å²) in [6, 6.07) is 0.871. The number of nitrogens with zero attached hydrogens (tertiary/aromatic N) is 1. The molecule has 0 radical (unpaired) electrons. The molecule has 23 heavy (non-hydrogen) atoms. The summed E-state index contributed by atoms with van der Waals surface area (Å²) in [5.74, 6) is -0.875. The van der Waals surface area contributed by atoms with Gasteiger partial charge in [-0.15, -0.1) is 0 Å². The van der Waals surface area contributed by atoms with E-state index in [0.717, 1.165) is 0 Å². The Morgan fingerprint density at radius 2 is 1.35 bits per heavy atom. The molecular weight excluding hydrogens is 332 g/mol. The number of alkyl halides is 6. The predicted molar refractivity (Wildman–Crippen MR) is 66.8 cm³/mol. The van der Waals surface area contributed by atoms with Crippen molar-refractivity contribution in [3.05, 3.63) is 34.9 Å². The molecule has 1 aliphatic heterocycles. The molecule has 1 aliphatic rings. The van der Waals surface area contributed by atoms with Gasteiger partial charge in [-0.05, 0) is 18.2 Å². The van der Waals surface area contributed by atoms with Crippen molar-refractivity contribution in [3.63, 3.8) is 0 Å². The van der Waals surface area contributed by atoms with Gasteiger partial charge in [-0.25, -0.2) is 0 Å². The minimum Gasteiger partial charge on any atom is -0.412 e. The average Bonchev–Trinajstić information content (AvgIpc) is 2.45. The number of carbonyl (C=O) groups is 1. The van der Waals surface area contributed by atoms with E-state index in [0.29, 0.717) is 12.1 Å². The molecular formula is C13H13F6NO3. The van der Waals surface area contributed by atoms with Crippen LogP contribution < -0.4 is 0 Å². The molecule has 0 aliphatic carbocycles. The minimum absolute atomic E-state index is 0. The minimum atomic E-state index is -4.97. The molecule has 1 fully saturated rings. The first kappa shape index (κ1) is 19.2. The molecule has 0 saturated carbocycles. The van der Waals surface area contributed by atoms with Crippen LogP contribution in [0.5, 0.6) is 0 Å². The number of halogens is 6. The molecule has 1 saturated heterocycles. The van der Waals surface area contributed by atoms with Gasteiger partial charge in [0.1, 0.15) is 0 Å². The largest absolute Gasteiger partial charge is 0.416 e. The molecule has 1 aromatic carbocycles. The highest BCUT2D eigenvalue weighted by Gasteiger charge is 2.38. The molecule has 130 valence electrons. The predicted octanol–water partition coefficient (Wildman–Crippen LogP) is 2.37. The normalized spacial score (nSPS) is 16.0. The quantitative estimate of drug-likeness (QED) is 0.734. The van der Waals surface area contributed by atoms with Crippen LogP contribution in [-0.2, 0) is 17.1 Å². The third-order valence-corrected chi connectivity index (χ3v) is 3.13. The first-order valence-corrected chi connectivity index (χ1v) is 6.25. The van der Waals surface area contributed by atoms with E-state index in [1.54, 1.807) is 0 Å². The van der Waals surface area contributed by atoms with E-state index in [1.807, 2.05) is 0 Å². The average molecular weight is 345 g/mol. The van der Waals surface area contributed by atoms with Crippen molar-refractivity contribution in [2.45, 2.75) is 12.4 Å². The molecule has 0 aromatic heterocycles. The number of benzene rings is 1. The smallest absolute Gasteiger partial charge is 0.412 e. The topological polar surface area (TPSA) is 61.0 Å². The van der Waals surface area contributed by atoms with E-state index < -0.39 is 35.0 Å². The zero-order valence-corrected chi connectivity index (χ0v) is 11.6. The highest BCUT2D eigenvalue weighted by Crippen LogP contribution is 2.36. The summed E-state index contributed by atoms with van der Waals surface area (Å²) in [6.07, 6.45) is -9.94. The van der Waals surface area contributed by atoms with Crippen molar-refractivity contribution in [1.29, 1.82) is 0 Å². The van der Waals surface area contributed by atoms with Crippen molar-refractivity contribution in [2.24, 2.45) is 0 Å². The molecule has 1 heterocycles. The third kappa shape index (κ3) is 4.58. The standard InChI is InChI=1S/C13H11F6NO2.H2O/c14-12(15,16)9-5-8(6-10(7-9)13(17,18)19)11(21)20-1-3-22-4-2-20;/h5-7H,1-4H2;1H2. The van der Waals surface area contributed by atoms with Gasteiger partial charge in [-0.1, -0.05) is 0 Å². The number of carbonyl (C=O) groups excluding carboxylic acids is 1. The first-order chi connectivity index (χ1) is 10.1. The van der Waals surface area contributed by atoms with Gasteiger partial charge in [0.05, 0.1) is 24.3 Å². The molecule has 4 nitrogen and oxygen atoms in total. The fraction of sp³-hybridized carbons (Fsp3) is 0.462. The Bertz CT molecular complexity index is 532. The SMILES string of the molecule is O.O=C(c1cc(C(F)(F)F)cc(C(F)(F)F)c1)N1CCOCC1. The van der Waals surface area contributed by atoms with Crippen LogP contribution >= 0.6 is 0 Å². The molecule has 1 aromatic rings. The van der Waals surface area contributed by atoms with Gasteiger partial charge in [0.15, 0.2) is 0 Å². The second-order valence-electron chi connectivity index (χ2n) is 4.70. The van der Waals surface area contributed by atoms with Crippen LogP contribution in [0.4, 0.5) is 26.3 Å². The van der Waals surface area contributed by atoms with Crippen LogP contribution in [-0.4, -0.2) is 42.6 Å². The third-order valence-electron chi connectivity index (χ3n) is 3.13. The Balaban J connectivity index is 0.00000264. The zero-order valence-electron chi connectivity index (χ0n) is 11.6. The fourth-order valence-electron chi connectivity index (χ4n) is 2.03. The Morgan fingerprint density at radius 1 is 0.913 bits per heavy atom. The maximum atomic E-state index is 12.7. The second-order valence-corrected chi connectivity index (χ2v) is 4.70. The van der Waals surface area contributed by atoms with Gasteiger partial charge in [0.25, 0.3) is 5.91 Å².